The minimum absolute atomic E-state index is 0.226. The molecule has 0 atom stereocenters. The minimum atomic E-state index is -0.507. The molecule has 1 amide bonds. The summed E-state index contributed by atoms with van der Waals surface area (Å²) in [5, 5.41) is 8.34. The molecule has 2 aromatic carbocycles. The Morgan fingerprint density at radius 2 is 1.91 bits per heavy atom. The smallest absolute Gasteiger partial charge is 0.341 e. The molecule has 0 bridgehead atoms. The summed E-state index contributed by atoms with van der Waals surface area (Å²) in [5.41, 5.74) is 3.04. The van der Waals surface area contributed by atoms with E-state index in [4.69, 9.17) is 32.7 Å². The Morgan fingerprint density at radius 1 is 1.12 bits per heavy atom. The quantitative estimate of drug-likeness (QED) is 0.499. The molecule has 1 heterocycles. The largest absolute Gasteiger partial charge is 0.496 e. The first-order valence-corrected chi connectivity index (χ1v) is 10.7. The number of nitrogens with zero attached hydrogens (tertiary/aromatic N) is 2. The highest BCUT2D eigenvalue weighted by Crippen LogP contribution is 2.43. The van der Waals surface area contributed by atoms with E-state index in [0.717, 1.165) is 24.1 Å². The fourth-order valence-corrected chi connectivity index (χ4v) is 4.03. The summed E-state index contributed by atoms with van der Waals surface area (Å²) in [6.07, 6.45) is 3.53. The second kappa shape index (κ2) is 9.22. The van der Waals surface area contributed by atoms with Crippen LogP contribution >= 0.6 is 23.2 Å². The fourth-order valence-electron chi connectivity index (χ4n) is 3.54. The minimum Gasteiger partial charge on any atom is -0.496 e. The third kappa shape index (κ3) is 4.45. The van der Waals surface area contributed by atoms with Crippen LogP contribution in [0.4, 0.5) is 0 Å². The number of rotatable bonds is 7. The molecular formula is C23H21Cl2N3O4. The van der Waals surface area contributed by atoms with Crippen molar-refractivity contribution in [2.45, 2.75) is 25.3 Å². The monoisotopic (exact) mass is 473 g/mol. The van der Waals surface area contributed by atoms with Gasteiger partial charge in [0.15, 0.2) is 0 Å². The highest BCUT2D eigenvalue weighted by molar-refractivity contribution is 6.35. The maximum Gasteiger partial charge on any atom is 0.341 e. The van der Waals surface area contributed by atoms with E-state index in [-0.39, 0.29) is 18.4 Å². The summed E-state index contributed by atoms with van der Waals surface area (Å²) in [7, 11) is 2.79. The standard InChI is InChI=1S/C23H21Cl2N3O4/c1-31-20-8-3-13(9-16(20)23(30)32-2)11-26-22(29)17-12-27-28(21(17)14-4-5-14)19-7-6-15(24)10-18(19)25/h3,6-10,12,14H,4-5,11H2,1-2H3,(H,26,29). The molecule has 0 unspecified atom stereocenters. The first kappa shape index (κ1) is 22.2. The number of ether oxygens (including phenoxy) is 2. The van der Waals surface area contributed by atoms with Gasteiger partial charge in [-0.3, -0.25) is 4.79 Å². The predicted molar refractivity (Wildman–Crippen MR) is 121 cm³/mol. The Labute approximate surface area is 195 Å². The summed E-state index contributed by atoms with van der Waals surface area (Å²) in [6, 6.07) is 10.3. The first-order chi connectivity index (χ1) is 15.4. The third-order valence-corrected chi connectivity index (χ3v) is 5.81. The number of amides is 1. The molecule has 166 valence electrons. The van der Waals surface area contributed by atoms with E-state index >= 15 is 0 Å². The van der Waals surface area contributed by atoms with Crippen molar-refractivity contribution in [2.75, 3.05) is 14.2 Å². The fraction of sp³-hybridized carbons (Fsp3) is 0.261. The molecular weight excluding hydrogens is 453 g/mol. The van der Waals surface area contributed by atoms with Crippen LogP contribution in [-0.4, -0.2) is 35.9 Å². The lowest BCUT2D eigenvalue weighted by atomic mass is 10.1. The first-order valence-electron chi connectivity index (χ1n) is 9.99. The number of carbonyl (C=O) groups excluding carboxylic acids is 2. The molecule has 0 spiro atoms. The maximum atomic E-state index is 13.0. The van der Waals surface area contributed by atoms with Gasteiger partial charge in [-0.1, -0.05) is 29.3 Å². The summed E-state index contributed by atoms with van der Waals surface area (Å²) < 4.78 is 11.7. The molecule has 1 saturated carbocycles. The van der Waals surface area contributed by atoms with E-state index in [9.17, 15) is 9.59 Å². The Morgan fingerprint density at radius 3 is 2.56 bits per heavy atom. The predicted octanol–water partition coefficient (Wildman–Crippen LogP) is 4.78. The number of carbonyl (C=O) groups is 2. The Bertz CT molecular complexity index is 1190. The van der Waals surface area contributed by atoms with Crippen LogP contribution in [0.5, 0.6) is 5.75 Å². The second-order valence-electron chi connectivity index (χ2n) is 7.43. The van der Waals surface area contributed by atoms with Crippen molar-refractivity contribution in [3.05, 3.63) is 75.0 Å². The number of esters is 1. The molecule has 1 N–H and O–H groups in total. The Hall–Kier alpha value is -3.03. The maximum absolute atomic E-state index is 13.0. The van der Waals surface area contributed by atoms with Gasteiger partial charge >= 0.3 is 5.97 Å². The van der Waals surface area contributed by atoms with Crippen LogP contribution in [0.15, 0.2) is 42.6 Å². The number of aromatic nitrogens is 2. The summed E-state index contributed by atoms with van der Waals surface area (Å²) in [4.78, 5) is 25.0. The summed E-state index contributed by atoms with van der Waals surface area (Å²) >= 11 is 12.4. The number of hydrogen-bond acceptors (Lipinski definition) is 5. The Kier molecular flexibility index (Phi) is 6.39. The third-order valence-electron chi connectivity index (χ3n) is 5.28. The van der Waals surface area contributed by atoms with Crippen molar-refractivity contribution in [3.63, 3.8) is 0 Å². The van der Waals surface area contributed by atoms with Crippen molar-refractivity contribution in [3.8, 4) is 11.4 Å². The number of halogens is 2. The highest BCUT2D eigenvalue weighted by atomic mass is 35.5. The van der Waals surface area contributed by atoms with Crippen molar-refractivity contribution in [1.82, 2.24) is 15.1 Å². The molecule has 1 aliphatic rings. The van der Waals surface area contributed by atoms with Gasteiger partial charge in [0.05, 0.1) is 42.4 Å². The van der Waals surface area contributed by atoms with Crippen LogP contribution in [0.1, 0.15) is 50.7 Å². The Balaban J connectivity index is 1.57. The van der Waals surface area contributed by atoms with Gasteiger partial charge in [-0.05, 0) is 48.7 Å². The normalized spacial score (nSPS) is 13.0. The van der Waals surface area contributed by atoms with Crippen molar-refractivity contribution in [1.29, 1.82) is 0 Å². The van der Waals surface area contributed by atoms with Crippen LogP contribution < -0.4 is 10.1 Å². The van der Waals surface area contributed by atoms with Crippen molar-refractivity contribution >= 4 is 35.1 Å². The van der Waals surface area contributed by atoms with Gasteiger partial charge in [-0.15, -0.1) is 0 Å². The van der Waals surface area contributed by atoms with E-state index in [1.165, 1.54) is 14.2 Å². The molecule has 7 nitrogen and oxygen atoms in total. The molecule has 32 heavy (non-hydrogen) atoms. The van der Waals surface area contributed by atoms with Crippen molar-refractivity contribution in [2.24, 2.45) is 0 Å². The number of nitrogens with one attached hydrogen (secondary N) is 1. The molecule has 1 aromatic heterocycles. The lowest BCUT2D eigenvalue weighted by Crippen LogP contribution is -2.24. The summed E-state index contributed by atoms with van der Waals surface area (Å²) in [5.74, 6) is -0.105. The number of methoxy groups -OCH3 is 2. The molecule has 0 aliphatic heterocycles. The van der Waals surface area contributed by atoms with E-state index in [1.807, 2.05) is 0 Å². The average Bonchev–Trinajstić information content (AvgIpc) is 3.55. The van der Waals surface area contributed by atoms with Crippen LogP contribution in [-0.2, 0) is 11.3 Å². The molecule has 1 aliphatic carbocycles. The molecule has 9 heteroatoms. The summed E-state index contributed by atoms with van der Waals surface area (Å²) in [6.45, 7) is 0.226. The van der Waals surface area contributed by atoms with Gasteiger partial charge in [0.1, 0.15) is 11.3 Å². The SMILES string of the molecule is COC(=O)c1cc(CNC(=O)c2cnn(-c3ccc(Cl)cc3Cl)c2C2CC2)ccc1OC. The van der Waals surface area contributed by atoms with Crippen LogP contribution in [0.3, 0.4) is 0 Å². The lowest BCUT2D eigenvalue weighted by molar-refractivity contribution is 0.0597. The van der Waals surface area contributed by atoms with Crippen LogP contribution in [0.25, 0.3) is 5.69 Å². The van der Waals surface area contributed by atoms with E-state index < -0.39 is 5.97 Å². The zero-order chi connectivity index (χ0) is 22.8. The average molecular weight is 474 g/mol. The van der Waals surface area contributed by atoms with E-state index in [2.05, 4.69) is 10.4 Å². The highest BCUT2D eigenvalue weighted by Gasteiger charge is 2.33. The van der Waals surface area contributed by atoms with Gasteiger partial charge in [0, 0.05) is 17.5 Å². The number of hydrogen-bond donors (Lipinski definition) is 1. The number of benzene rings is 2. The lowest BCUT2D eigenvalue weighted by Gasteiger charge is -2.12. The molecule has 1 fully saturated rings. The van der Waals surface area contributed by atoms with Gasteiger partial charge in [0.25, 0.3) is 5.91 Å². The van der Waals surface area contributed by atoms with Gasteiger partial charge in [-0.2, -0.15) is 5.10 Å². The van der Waals surface area contributed by atoms with E-state index in [0.29, 0.717) is 32.6 Å². The van der Waals surface area contributed by atoms with Crippen molar-refractivity contribution < 1.29 is 19.1 Å². The topological polar surface area (TPSA) is 82.5 Å². The molecule has 0 radical (unpaired) electrons. The van der Waals surface area contributed by atoms with Crippen LogP contribution in [0.2, 0.25) is 10.0 Å². The van der Waals surface area contributed by atoms with Gasteiger partial charge in [0.2, 0.25) is 0 Å². The molecule has 0 saturated heterocycles. The zero-order valence-electron chi connectivity index (χ0n) is 17.5. The zero-order valence-corrected chi connectivity index (χ0v) is 19.0. The second-order valence-corrected chi connectivity index (χ2v) is 8.28. The van der Waals surface area contributed by atoms with Gasteiger partial charge < -0.3 is 14.8 Å². The molecule has 3 aromatic rings. The van der Waals surface area contributed by atoms with Crippen LogP contribution in [0, 0.1) is 0 Å². The van der Waals surface area contributed by atoms with E-state index in [1.54, 1.807) is 47.3 Å². The molecule has 4 rings (SSSR count). The van der Waals surface area contributed by atoms with Gasteiger partial charge in [-0.25, -0.2) is 9.48 Å².